The maximum absolute atomic E-state index is 12.2. The predicted octanol–water partition coefficient (Wildman–Crippen LogP) is 7.11. The van der Waals surface area contributed by atoms with Gasteiger partial charge in [0.1, 0.15) is 21.9 Å². The number of carbonyl (C=O) groups is 4. The van der Waals surface area contributed by atoms with Gasteiger partial charge in [0.2, 0.25) is 0 Å². The lowest BCUT2D eigenvalue weighted by atomic mass is 9.83. The largest absolute Gasteiger partial charge is 0.468 e. The van der Waals surface area contributed by atoms with Crippen LogP contribution in [0.1, 0.15) is 59.1 Å². The first-order chi connectivity index (χ1) is 19.4. The van der Waals surface area contributed by atoms with Gasteiger partial charge in [-0.25, -0.2) is 4.79 Å². The van der Waals surface area contributed by atoms with Crippen molar-refractivity contribution in [1.29, 1.82) is 0 Å². The van der Waals surface area contributed by atoms with Gasteiger partial charge in [-0.15, -0.1) is 0 Å². The van der Waals surface area contributed by atoms with Crippen molar-refractivity contribution in [1.82, 2.24) is 0 Å². The van der Waals surface area contributed by atoms with Gasteiger partial charge in [0.05, 0.1) is 19.6 Å². The molecule has 2 aromatic carbocycles. The van der Waals surface area contributed by atoms with Crippen molar-refractivity contribution in [2.45, 2.75) is 69.8 Å². The van der Waals surface area contributed by atoms with E-state index >= 15 is 0 Å². The van der Waals surface area contributed by atoms with Crippen LogP contribution in [-0.2, 0) is 51.3 Å². The molecule has 0 bridgehead atoms. The molecule has 0 aliphatic rings. The predicted molar refractivity (Wildman–Crippen MR) is 170 cm³/mol. The van der Waals surface area contributed by atoms with Crippen molar-refractivity contribution in [3.63, 3.8) is 0 Å². The van der Waals surface area contributed by atoms with Gasteiger partial charge in [-0.1, -0.05) is 99.1 Å². The zero-order valence-electron chi connectivity index (χ0n) is 25.6. The molecular formula is C32H42Br2O8. The molecule has 8 nitrogen and oxygen atoms in total. The fourth-order valence-electron chi connectivity index (χ4n) is 3.17. The van der Waals surface area contributed by atoms with E-state index in [4.69, 9.17) is 14.2 Å². The normalized spacial score (nSPS) is 12.0. The summed E-state index contributed by atoms with van der Waals surface area (Å²) >= 11 is 6.57. The summed E-state index contributed by atoms with van der Waals surface area (Å²) in [6, 6.07) is 19.1. The van der Waals surface area contributed by atoms with Gasteiger partial charge in [-0.05, 0) is 59.1 Å². The van der Waals surface area contributed by atoms with Gasteiger partial charge < -0.3 is 18.9 Å². The lowest BCUT2D eigenvalue weighted by Gasteiger charge is -2.29. The van der Waals surface area contributed by atoms with Crippen LogP contribution >= 0.6 is 31.9 Å². The third-order valence-corrected chi connectivity index (χ3v) is 6.31. The molecule has 232 valence electrons. The average molecular weight is 714 g/mol. The standard InChI is InChI=1S/C16H21BrO4.C11H13BrO2.C5H8O2/c1-15(2,11-16(3,17)14(19)20-4)13(18)21-10-12-8-6-5-7-9-12;1-11(2,12)10(13)14-8-9-6-4-3-5-7-9;1-4(2)5(6)7-3/h5-9H,10-11H2,1-4H3;3-7H,8H2,1-2H3;1H2,2-3H3. The maximum Gasteiger partial charge on any atom is 0.332 e. The molecule has 0 aliphatic carbocycles. The van der Waals surface area contributed by atoms with Gasteiger partial charge in [-0.2, -0.15) is 0 Å². The Bertz CT molecular complexity index is 1150. The first-order valence-corrected chi connectivity index (χ1v) is 14.6. The Hall–Kier alpha value is -2.98. The highest BCUT2D eigenvalue weighted by Gasteiger charge is 2.42. The van der Waals surface area contributed by atoms with Crippen molar-refractivity contribution in [3.8, 4) is 0 Å². The molecule has 0 saturated heterocycles. The van der Waals surface area contributed by atoms with Gasteiger partial charge in [-0.3, -0.25) is 14.4 Å². The van der Waals surface area contributed by atoms with E-state index < -0.39 is 20.0 Å². The number of hydrogen-bond donors (Lipinski definition) is 0. The molecule has 0 N–H and O–H groups in total. The SMILES string of the molecule is C=C(C)C(=O)OC.CC(C)(Br)C(=O)OCc1ccccc1.COC(=O)C(C)(Br)CC(C)(C)C(=O)OCc1ccccc1. The van der Waals surface area contributed by atoms with Gasteiger partial charge in [0.25, 0.3) is 0 Å². The lowest BCUT2D eigenvalue weighted by molar-refractivity contribution is -0.157. The molecule has 0 spiro atoms. The summed E-state index contributed by atoms with van der Waals surface area (Å²) in [6.45, 7) is 14.2. The number of alkyl halides is 2. The molecule has 10 heteroatoms. The van der Waals surface area contributed by atoms with E-state index in [-0.39, 0.29) is 30.9 Å². The van der Waals surface area contributed by atoms with Crippen molar-refractivity contribution in [3.05, 3.63) is 83.9 Å². The topological polar surface area (TPSA) is 105 Å². The smallest absolute Gasteiger partial charge is 0.332 e. The van der Waals surface area contributed by atoms with Crippen LogP contribution in [0.15, 0.2) is 72.8 Å². The van der Waals surface area contributed by atoms with Gasteiger partial charge in [0, 0.05) is 5.57 Å². The van der Waals surface area contributed by atoms with E-state index in [2.05, 4.69) is 43.2 Å². The molecule has 0 aromatic heterocycles. The summed E-state index contributed by atoms with van der Waals surface area (Å²) in [6.07, 6.45) is 0.278. The number of halogens is 2. The molecule has 0 fully saturated rings. The summed E-state index contributed by atoms with van der Waals surface area (Å²) in [5.74, 6) is -1.35. The Kier molecular flexibility index (Phi) is 17.2. The van der Waals surface area contributed by atoms with E-state index in [1.54, 1.807) is 41.5 Å². The van der Waals surface area contributed by atoms with Crippen LogP contribution in [0.25, 0.3) is 0 Å². The Labute approximate surface area is 266 Å². The number of methoxy groups -OCH3 is 2. The van der Waals surface area contributed by atoms with E-state index in [0.717, 1.165) is 11.1 Å². The van der Waals surface area contributed by atoms with Crippen LogP contribution in [0.4, 0.5) is 0 Å². The van der Waals surface area contributed by atoms with Crippen molar-refractivity contribution in [2.24, 2.45) is 5.41 Å². The third kappa shape index (κ3) is 15.9. The zero-order chi connectivity index (χ0) is 32.6. The molecule has 0 saturated carbocycles. The summed E-state index contributed by atoms with van der Waals surface area (Å²) in [7, 11) is 2.65. The van der Waals surface area contributed by atoms with Crippen molar-refractivity contribution in [2.75, 3.05) is 14.2 Å². The Balaban J connectivity index is 0.000000685. The average Bonchev–Trinajstić information content (AvgIpc) is 2.94. The third-order valence-electron chi connectivity index (χ3n) is 5.38. The second-order valence-electron chi connectivity index (χ2n) is 10.6. The molecule has 0 radical (unpaired) electrons. The molecular weight excluding hydrogens is 672 g/mol. The Morgan fingerprint density at radius 2 is 1.10 bits per heavy atom. The molecule has 2 rings (SSSR count). The maximum atomic E-state index is 12.2. The zero-order valence-corrected chi connectivity index (χ0v) is 28.8. The molecule has 0 aliphatic heterocycles. The first-order valence-electron chi connectivity index (χ1n) is 13.0. The highest BCUT2D eigenvalue weighted by Crippen LogP contribution is 2.36. The molecule has 1 unspecified atom stereocenters. The molecule has 0 amide bonds. The highest BCUT2D eigenvalue weighted by molar-refractivity contribution is 9.10. The van der Waals surface area contributed by atoms with E-state index in [0.29, 0.717) is 12.2 Å². The number of carbonyl (C=O) groups excluding carboxylic acids is 4. The summed E-state index contributed by atoms with van der Waals surface area (Å²) in [5, 5.41) is 0. The summed E-state index contributed by atoms with van der Waals surface area (Å²) in [4.78, 5) is 45.5. The minimum atomic E-state index is -0.920. The van der Waals surface area contributed by atoms with Gasteiger partial charge >= 0.3 is 23.9 Å². The molecule has 1 atom stereocenters. The van der Waals surface area contributed by atoms with Crippen LogP contribution in [0.5, 0.6) is 0 Å². The fourth-order valence-corrected chi connectivity index (χ4v) is 4.15. The minimum absolute atomic E-state index is 0.223. The second kappa shape index (κ2) is 18.5. The molecule has 2 aromatic rings. The van der Waals surface area contributed by atoms with Crippen molar-refractivity contribution >= 4 is 55.7 Å². The second-order valence-corrected chi connectivity index (χ2v) is 14.4. The Morgan fingerprint density at radius 1 is 0.690 bits per heavy atom. The summed E-state index contributed by atoms with van der Waals surface area (Å²) in [5.41, 5.74) is 1.55. The van der Waals surface area contributed by atoms with Crippen LogP contribution in [0.3, 0.4) is 0 Å². The van der Waals surface area contributed by atoms with Crippen molar-refractivity contribution < 1.29 is 38.1 Å². The monoisotopic (exact) mass is 712 g/mol. The van der Waals surface area contributed by atoms with Crippen LogP contribution in [0, 0.1) is 5.41 Å². The van der Waals surface area contributed by atoms with Crippen LogP contribution in [-0.4, -0.2) is 46.7 Å². The van der Waals surface area contributed by atoms with E-state index in [1.807, 2.05) is 60.7 Å². The quantitative estimate of drug-likeness (QED) is 0.111. The lowest BCUT2D eigenvalue weighted by Crippen LogP contribution is -2.39. The fraction of sp³-hybridized carbons (Fsp3) is 0.438. The van der Waals surface area contributed by atoms with Gasteiger partial charge in [0.15, 0.2) is 0 Å². The van der Waals surface area contributed by atoms with Crippen LogP contribution in [0.2, 0.25) is 0 Å². The van der Waals surface area contributed by atoms with E-state index in [9.17, 15) is 19.2 Å². The first kappa shape index (κ1) is 39.0. The van der Waals surface area contributed by atoms with Crippen LogP contribution < -0.4 is 0 Å². The number of ether oxygens (including phenoxy) is 4. The number of esters is 4. The number of benzene rings is 2. The summed E-state index contributed by atoms with van der Waals surface area (Å²) < 4.78 is 17.9. The molecule has 0 heterocycles. The number of hydrogen-bond acceptors (Lipinski definition) is 8. The van der Waals surface area contributed by atoms with E-state index in [1.165, 1.54) is 14.2 Å². The highest BCUT2D eigenvalue weighted by atomic mass is 79.9. The minimum Gasteiger partial charge on any atom is -0.468 e. The Morgan fingerprint density at radius 3 is 1.40 bits per heavy atom. The number of rotatable bonds is 10. The molecule has 42 heavy (non-hydrogen) atoms.